The summed E-state index contributed by atoms with van der Waals surface area (Å²) in [6.07, 6.45) is 4.53. The molecule has 1 N–H and O–H groups in total. The second-order valence-corrected chi connectivity index (χ2v) is 8.95. The van der Waals surface area contributed by atoms with Gasteiger partial charge in [0, 0.05) is 59.1 Å². The molecule has 2 aliphatic rings. The maximum Gasteiger partial charge on any atom is 0.194 e. The van der Waals surface area contributed by atoms with Gasteiger partial charge in [0.2, 0.25) is 0 Å². The van der Waals surface area contributed by atoms with Crippen molar-refractivity contribution in [3.8, 4) is 0 Å². The van der Waals surface area contributed by atoms with Gasteiger partial charge in [-0.2, -0.15) is 0 Å². The highest BCUT2D eigenvalue weighted by Gasteiger charge is 2.20. The van der Waals surface area contributed by atoms with Crippen molar-refractivity contribution in [2.24, 2.45) is 10.9 Å². The first-order valence-electron chi connectivity index (χ1n) is 10.7. The van der Waals surface area contributed by atoms with Crippen molar-refractivity contribution in [3.05, 3.63) is 41.4 Å². The second kappa shape index (κ2) is 9.48. The van der Waals surface area contributed by atoms with Gasteiger partial charge >= 0.3 is 0 Å². The maximum atomic E-state index is 4.71. The van der Waals surface area contributed by atoms with Crippen LogP contribution in [0.3, 0.4) is 0 Å². The fourth-order valence-corrected chi connectivity index (χ4v) is 4.83. The number of nitrogens with zero attached hydrogens (tertiary/aromatic N) is 5. The minimum absolute atomic E-state index is 0.752. The zero-order chi connectivity index (χ0) is 20.1. The molecule has 4 rings (SSSR count). The highest BCUT2D eigenvalue weighted by molar-refractivity contribution is 7.14. The van der Waals surface area contributed by atoms with E-state index in [0.29, 0.717) is 0 Å². The molecular formula is C22H32N6S. The largest absolute Gasteiger partial charge is 0.360 e. The zero-order valence-corrected chi connectivity index (χ0v) is 18.4. The number of aliphatic imine (C=N–C) groups is 1. The van der Waals surface area contributed by atoms with Crippen molar-refractivity contribution in [1.82, 2.24) is 15.2 Å². The van der Waals surface area contributed by atoms with Gasteiger partial charge < -0.3 is 20.0 Å². The van der Waals surface area contributed by atoms with Crippen molar-refractivity contribution in [2.45, 2.75) is 26.3 Å². The predicted molar refractivity (Wildman–Crippen MR) is 123 cm³/mol. The first-order chi connectivity index (χ1) is 14.2. The quantitative estimate of drug-likeness (QED) is 0.617. The Morgan fingerprint density at radius 2 is 1.90 bits per heavy atom. The van der Waals surface area contributed by atoms with Crippen LogP contribution in [0.25, 0.3) is 0 Å². The van der Waals surface area contributed by atoms with Crippen molar-refractivity contribution in [2.75, 3.05) is 56.1 Å². The summed E-state index contributed by atoms with van der Waals surface area (Å²) in [4.78, 5) is 16.4. The van der Waals surface area contributed by atoms with E-state index in [9.17, 15) is 0 Å². The number of anilines is 2. The van der Waals surface area contributed by atoms with E-state index in [0.717, 1.165) is 63.5 Å². The summed E-state index contributed by atoms with van der Waals surface area (Å²) in [6.45, 7) is 9.38. The third-order valence-corrected chi connectivity index (χ3v) is 6.91. The van der Waals surface area contributed by atoms with E-state index >= 15 is 0 Å². The second-order valence-electron chi connectivity index (χ2n) is 8.02. The molecule has 0 aliphatic carbocycles. The molecule has 0 amide bonds. The van der Waals surface area contributed by atoms with Crippen LogP contribution in [0.2, 0.25) is 0 Å². The number of nitrogens with one attached hydrogen (secondary N) is 1. The fourth-order valence-electron chi connectivity index (χ4n) is 4.05. The Hall–Kier alpha value is -2.28. The summed E-state index contributed by atoms with van der Waals surface area (Å²) in [7, 11) is 1.87. The lowest BCUT2D eigenvalue weighted by Gasteiger charge is -2.37. The van der Waals surface area contributed by atoms with Gasteiger partial charge in [-0.15, -0.1) is 11.3 Å². The summed E-state index contributed by atoms with van der Waals surface area (Å²) in [5.41, 5.74) is 1.19. The van der Waals surface area contributed by atoms with Gasteiger partial charge in [0.05, 0.1) is 5.00 Å². The van der Waals surface area contributed by atoms with Crippen LogP contribution < -0.4 is 15.1 Å². The van der Waals surface area contributed by atoms with Crippen molar-refractivity contribution in [1.29, 1.82) is 0 Å². The van der Waals surface area contributed by atoms with E-state index in [1.165, 1.54) is 23.4 Å². The number of piperazine rings is 1. The predicted octanol–water partition coefficient (Wildman–Crippen LogP) is 3.28. The van der Waals surface area contributed by atoms with Gasteiger partial charge in [0.25, 0.3) is 0 Å². The van der Waals surface area contributed by atoms with E-state index < -0.39 is 0 Å². The topological polar surface area (TPSA) is 47.0 Å². The number of guanidine groups is 1. The Labute approximate surface area is 178 Å². The van der Waals surface area contributed by atoms with Gasteiger partial charge in [-0.1, -0.05) is 13.0 Å². The van der Waals surface area contributed by atoms with Gasteiger partial charge in [-0.05, 0) is 47.9 Å². The average Bonchev–Trinajstić information content (AvgIpc) is 3.31. The normalized spacial score (nSPS) is 19.0. The van der Waals surface area contributed by atoms with Crippen LogP contribution in [0.15, 0.2) is 40.8 Å². The van der Waals surface area contributed by atoms with Crippen LogP contribution in [-0.2, 0) is 6.54 Å². The summed E-state index contributed by atoms with van der Waals surface area (Å²) in [5.74, 6) is 2.92. The maximum absolute atomic E-state index is 4.71. The molecule has 0 saturated carbocycles. The molecule has 0 unspecified atom stereocenters. The summed E-state index contributed by atoms with van der Waals surface area (Å²) in [6, 6.07) is 8.68. The number of piperidine rings is 1. The molecule has 0 radical (unpaired) electrons. The van der Waals surface area contributed by atoms with E-state index in [1.54, 1.807) is 0 Å². The number of hydrogen-bond donors (Lipinski definition) is 1. The average molecular weight is 413 g/mol. The van der Waals surface area contributed by atoms with E-state index in [1.807, 2.05) is 24.6 Å². The van der Waals surface area contributed by atoms with Crippen molar-refractivity contribution in [3.63, 3.8) is 0 Å². The molecule has 2 saturated heterocycles. The molecule has 2 aromatic heterocycles. The molecule has 4 heterocycles. The highest BCUT2D eigenvalue weighted by atomic mass is 32.1. The summed E-state index contributed by atoms with van der Waals surface area (Å²) >= 11 is 1.81. The van der Waals surface area contributed by atoms with Gasteiger partial charge in [-0.3, -0.25) is 4.99 Å². The molecule has 29 heavy (non-hydrogen) atoms. The number of aromatic nitrogens is 1. The van der Waals surface area contributed by atoms with Crippen LogP contribution in [0, 0.1) is 5.92 Å². The standard InChI is InChI=1S/C22H32N6S/c1-18-7-9-26(10-8-18)20-6-5-19(16-24-20)17-25-22(23-2)28-13-11-27(12-14-28)21-4-3-15-29-21/h3-6,15-16,18H,7-14,17H2,1-2H3,(H,23,25). The number of thiophene rings is 1. The third-order valence-electron chi connectivity index (χ3n) is 5.98. The molecule has 0 spiro atoms. The lowest BCUT2D eigenvalue weighted by molar-refractivity contribution is 0.373. The van der Waals surface area contributed by atoms with Crippen LogP contribution in [0.4, 0.5) is 10.8 Å². The molecule has 2 aromatic rings. The lowest BCUT2D eigenvalue weighted by atomic mass is 9.99. The van der Waals surface area contributed by atoms with Crippen LogP contribution in [0.5, 0.6) is 0 Å². The molecule has 2 aliphatic heterocycles. The monoisotopic (exact) mass is 412 g/mol. The van der Waals surface area contributed by atoms with Crippen LogP contribution >= 0.6 is 11.3 Å². The first-order valence-corrected chi connectivity index (χ1v) is 11.5. The molecule has 6 nitrogen and oxygen atoms in total. The Morgan fingerprint density at radius 3 is 2.52 bits per heavy atom. The van der Waals surface area contributed by atoms with Crippen LogP contribution in [0.1, 0.15) is 25.3 Å². The van der Waals surface area contributed by atoms with E-state index in [4.69, 9.17) is 4.98 Å². The minimum atomic E-state index is 0.752. The van der Waals surface area contributed by atoms with Gasteiger partial charge in [0.15, 0.2) is 5.96 Å². The minimum Gasteiger partial charge on any atom is -0.360 e. The van der Waals surface area contributed by atoms with Crippen molar-refractivity contribution < 1.29 is 0 Å². The Morgan fingerprint density at radius 1 is 1.10 bits per heavy atom. The van der Waals surface area contributed by atoms with E-state index in [-0.39, 0.29) is 0 Å². The summed E-state index contributed by atoms with van der Waals surface area (Å²) in [5, 5.41) is 7.03. The van der Waals surface area contributed by atoms with E-state index in [2.05, 4.69) is 61.6 Å². The smallest absolute Gasteiger partial charge is 0.194 e. The Bertz CT molecular complexity index is 772. The Balaban J connectivity index is 1.26. The zero-order valence-electron chi connectivity index (χ0n) is 17.5. The molecule has 0 bridgehead atoms. The lowest BCUT2D eigenvalue weighted by Crippen LogP contribution is -2.52. The number of pyridine rings is 1. The summed E-state index contributed by atoms with van der Waals surface area (Å²) < 4.78 is 0. The molecule has 156 valence electrons. The van der Waals surface area contributed by atoms with Gasteiger partial charge in [0.1, 0.15) is 5.82 Å². The fraction of sp³-hybridized carbons (Fsp3) is 0.545. The molecule has 2 fully saturated rings. The van der Waals surface area contributed by atoms with Crippen molar-refractivity contribution >= 4 is 28.1 Å². The SMILES string of the molecule is CN=C(NCc1ccc(N2CCC(C)CC2)nc1)N1CCN(c2cccs2)CC1. The molecule has 7 heteroatoms. The van der Waals surface area contributed by atoms with Crippen LogP contribution in [-0.4, -0.2) is 62.2 Å². The Kier molecular flexibility index (Phi) is 6.54. The van der Waals surface area contributed by atoms with Gasteiger partial charge in [-0.25, -0.2) is 4.98 Å². The molecule has 0 atom stereocenters. The number of rotatable bonds is 4. The molecular weight excluding hydrogens is 380 g/mol. The number of hydrogen-bond acceptors (Lipinski definition) is 5. The third kappa shape index (κ3) is 5.01. The first kappa shape index (κ1) is 20.0. The molecule has 0 aromatic carbocycles. The highest BCUT2D eigenvalue weighted by Crippen LogP contribution is 2.23.